The number of aromatic nitrogens is 2. The van der Waals surface area contributed by atoms with E-state index < -0.39 is 5.82 Å². The number of halogens is 2. The average Bonchev–Trinajstić information content (AvgIpc) is 3.06. The lowest BCUT2D eigenvalue weighted by Crippen LogP contribution is -2.13. The molecule has 1 heterocycles. The van der Waals surface area contributed by atoms with Crippen molar-refractivity contribution in [2.45, 2.75) is 13.5 Å². The van der Waals surface area contributed by atoms with E-state index in [1.165, 1.54) is 16.9 Å². The highest BCUT2D eigenvalue weighted by Crippen LogP contribution is 2.22. The van der Waals surface area contributed by atoms with Crippen molar-refractivity contribution < 1.29 is 13.9 Å². The van der Waals surface area contributed by atoms with E-state index in [1.54, 1.807) is 42.6 Å². The molecule has 0 saturated heterocycles. The Hall–Kier alpha value is -2.86. The monoisotopic (exact) mass is 373 g/mol. The van der Waals surface area contributed by atoms with E-state index in [1.807, 2.05) is 6.92 Å². The minimum absolute atomic E-state index is 0.164. The third-order valence-corrected chi connectivity index (χ3v) is 4.06. The number of nitrogens with zero attached hydrogens (tertiary/aromatic N) is 2. The van der Waals surface area contributed by atoms with Gasteiger partial charge in [0.15, 0.2) is 0 Å². The number of anilines is 1. The Labute approximate surface area is 155 Å². The molecule has 7 heteroatoms. The average molecular weight is 374 g/mol. The second kappa shape index (κ2) is 8.01. The number of amides is 1. The highest BCUT2D eigenvalue weighted by molar-refractivity contribution is 6.31. The number of para-hydroxylation sites is 1. The molecule has 1 aromatic heterocycles. The van der Waals surface area contributed by atoms with Crippen LogP contribution in [0.15, 0.2) is 54.9 Å². The molecule has 0 saturated carbocycles. The van der Waals surface area contributed by atoms with Gasteiger partial charge in [0.2, 0.25) is 0 Å². The first-order chi connectivity index (χ1) is 12.6. The maximum absolute atomic E-state index is 13.9. The third kappa shape index (κ3) is 4.03. The van der Waals surface area contributed by atoms with Crippen molar-refractivity contribution in [3.8, 4) is 5.75 Å². The minimum Gasteiger partial charge on any atom is -0.493 e. The topological polar surface area (TPSA) is 56.1 Å². The van der Waals surface area contributed by atoms with Crippen LogP contribution >= 0.6 is 11.6 Å². The van der Waals surface area contributed by atoms with Gasteiger partial charge in [-0.05, 0) is 31.2 Å². The molecule has 0 bridgehead atoms. The number of nitrogens with one attached hydrogen (secondary N) is 1. The van der Waals surface area contributed by atoms with Crippen molar-refractivity contribution >= 4 is 23.2 Å². The minimum atomic E-state index is -0.399. The molecular formula is C19H17ClFN3O2. The van der Waals surface area contributed by atoms with Crippen molar-refractivity contribution in [2.75, 3.05) is 11.9 Å². The first-order valence-electron chi connectivity index (χ1n) is 8.07. The zero-order chi connectivity index (χ0) is 18.5. The molecule has 0 spiro atoms. The van der Waals surface area contributed by atoms with Gasteiger partial charge in [-0.15, -0.1) is 0 Å². The van der Waals surface area contributed by atoms with Gasteiger partial charge < -0.3 is 10.1 Å². The van der Waals surface area contributed by atoms with Gasteiger partial charge in [-0.1, -0.05) is 29.8 Å². The van der Waals surface area contributed by atoms with Gasteiger partial charge in [-0.2, -0.15) is 5.10 Å². The van der Waals surface area contributed by atoms with Crippen LogP contribution in [0.25, 0.3) is 0 Å². The van der Waals surface area contributed by atoms with E-state index in [9.17, 15) is 9.18 Å². The predicted octanol–water partition coefficient (Wildman–Crippen LogP) is 4.37. The van der Waals surface area contributed by atoms with Crippen LogP contribution in [-0.4, -0.2) is 22.3 Å². The second-order valence-electron chi connectivity index (χ2n) is 5.51. The molecule has 0 fully saturated rings. The summed E-state index contributed by atoms with van der Waals surface area (Å²) in [6.45, 7) is 2.48. The molecule has 134 valence electrons. The fraction of sp³-hybridized carbons (Fsp3) is 0.158. The Balaban J connectivity index is 1.74. The summed E-state index contributed by atoms with van der Waals surface area (Å²) in [6, 6.07) is 11.5. The highest BCUT2D eigenvalue weighted by atomic mass is 35.5. The fourth-order valence-electron chi connectivity index (χ4n) is 2.49. The number of rotatable bonds is 6. The zero-order valence-corrected chi connectivity index (χ0v) is 14.8. The maximum atomic E-state index is 13.9. The summed E-state index contributed by atoms with van der Waals surface area (Å²) in [5, 5.41) is 7.24. The van der Waals surface area contributed by atoms with Gasteiger partial charge >= 0.3 is 0 Å². The summed E-state index contributed by atoms with van der Waals surface area (Å²) in [5.41, 5.74) is 1.27. The number of hydrogen-bond acceptors (Lipinski definition) is 3. The van der Waals surface area contributed by atoms with Gasteiger partial charge in [-0.25, -0.2) is 4.39 Å². The summed E-state index contributed by atoms with van der Waals surface area (Å²) in [6.07, 6.45) is 3.11. The molecule has 3 aromatic rings. The lowest BCUT2D eigenvalue weighted by atomic mass is 10.2. The number of ether oxygens (including phenoxy) is 1. The van der Waals surface area contributed by atoms with E-state index in [4.69, 9.17) is 16.3 Å². The Morgan fingerprint density at radius 2 is 2.08 bits per heavy atom. The maximum Gasteiger partial charge on any atom is 0.259 e. The van der Waals surface area contributed by atoms with Gasteiger partial charge in [0.1, 0.15) is 11.6 Å². The molecule has 0 atom stereocenters. The predicted molar refractivity (Wildman–Crippen MR) is 98.3 cm³/mol. The summed E-state index contributed by atoms with van der Waals surface area (Å²) >= 11 is 6.03. The Bertz CT molecular complexity index is 906. The molecule has 1 amide bonds. The first kappa shape index (κ1) is 17.9. The molecule has 0 aliphatic rings. The Kier molecular flexibility index (Phi) is 5.53. The van der Waals surface area contributed by atoms with Gasteiger partial charge in [-0.3, -0.25) is 9.48 Å². The van der Waals surface area contributed by atoms with E-state index in [0.717, 1.165) is 0 Å². The summed E-state index contributed by atoms with van der Waals surface area (Å²) in [5.74, 6) is -0.195. The molecule has 3 rings (SSSR count). The molecule has 0 aliphatic carbocycles. The van der Waals surface area contributed by atoms with Crippen LogP contribution in [0, 0.1) is 5.82 Å². The van der Waals surface area contributed by atoms with Gasteiger partial charge in [0.05, 0.1) is 30.6 Å². The molecule has 0 unspecified atom stereocenters. The quantitative estimate of drug-likeness (QED) is 0.697. The molecule has 5 nitrogen and oxygen atoms in total. The van der Waals surface area contributed by atoms with Crippen LogP contribution in [-0.2, 0) is 6.54 Å². The molecule has 2 aromatic carbocycles. The molecule has 26 heavy (non-hydrogen) atoms. The van der Waals surface area contributed by atoms with E-state index in [-0.39, 0.29) is 12.5 Å². The molecule has 1 N–H and O–H groups in total. The van der Waals surface area contributed by atoms with E-state index in [2.05, 4.69) is 10.4 Å². The van der Waals surface area contributed by atoms with Crippen LogP contribution < -0.4 is 10.1 Å². The summed E-state index contributed by atoms with van der Waals surface area (Å²) in [4.78, 5) is 12.5. The van der Waals surface area contributed by atoms with Crippen molar-refractivity contribution in [3.05, 3.63) is 76.8 Å². The number of hydrogen-bond donors (Lipinski definition) is 1. The van der Waals surface area contributed by atoms with Crippen LogP contribution in [0.1, 0.15) is 22.8 Å². The van der Waals surface area contributed by atoms with Crippen LogP contribution in [0.5, 0.6) is 5.75 Å². The largest absolute Gasteiger partial charge is 0.493 e. The lowest BCUT2D eigenvalue weighted by molar-refractivity contribution is 0.102. The van der Waals surface area contributed by atoms with Crippen LogP contribution in [0.2, 0.25) is 5.02 Å². The smallest absolute Gasteiger partial charge is 0.259 e. The standard InChI is InChI=1S/C19H17ClFN3O2/c1-2-26-18-9-4-3-6-14(18)19(25)23-13-10-22-24(11-13)12-15-16(20)7-5-8-17(15)21/h3-11H,2,12H2,1H3,(H,23,25). The zero-order valence-electron chi connectivity index (χ0n) is 14.1. The fourth-order valence-corrected chi connectivity index (χ4v) is 2.72. The first-order valence-corrected chi connectivity index (χ1v) is 8.44. The lowest BCUT2D eigenvalue weighted by Gasteiger charge is -2.09. The van der Waals surface area contributed by atoms with Crippen molar-refractivity contribution in [1.29, 1.82) is 0 Å². The van der Waals surface area contributed by atoms with Crippen molar-refractivity contribution in [2.24, 2.45) is 0 Å². The van der Waals surface area contributed by atoms with Gasteiger partial charge in [0, 0.05) is 16.8 Å². The molecular weight excluding hydrogens is 357 g/mol. The summed E-state index contributed by atoms with van der Waals surface area (Å²) in [7, 11) is 0. The van der Waals surface area contributed by atoms with Crippen molar-refractivity contribution in [1.82, 2.24) is 9.78 Å². The summed E-state index contributed by atoms with van der Waals surface area (Å²) < 4.78 is 20.9. The third-order valence-electron chi connectivity index (χ3n) is 3.70. The van der Waals surface area contributed by atoms with Crippen molar-refractivity contribution in [3.63, 3.8) is 0 Å². The normalized spacial score (nSPS) is 10.6. The number of carbonyl (C=O) groups is 1. The SMILES string of the molecule is CCOc1ccccc1C(=O)Nc1cnn(Cc2c(F)cccc2Cl)c1. The van der Waals surface area contributed by atoms with Crippen LogP contribution in [0.4, 0.5) is 10.1 Å². The van der Waals surface area contributed by atoms with E-state index >= 15 is 0 Å². The Morgan fingerprint density at radius 3 is 2.85 bits per heavy atom. The molecule has 0 radical (unpaired) electrons. The van der Waals surface area contributed by atoms with E-state index in [0.29, 0.717) is 34.2 Å². The number of benzene rings is 2. The van der Waals surface area contributed by atoms with Crippen LogP contribution in [0.3, 0.4) is 0 Å². The second-order valence-corrected chi connectivity index (χ2v) is 5.92. The van der Waals surface area contributed by atoms with Gasteiger partial charge in [0.25, 0.3) is 5.91 Å². The Morgan fingerprint density at radius 1 is 1.27 bits per heavy atom. The molecule has 0 aliphatic heterocycles. The number of carbonyl (C=O) groups excluding carboxylic acids is 1. The highest BCUT2D eigenvalue weighted by Gasteiger charge is 2.14.